The minimum absolute atomic E-state index is 0.0156. The van der Waals surface area contributed by atoms with Crippen molar-refractivity contribution < 1.29 is 18.8 Å². The van der Waals surface area contributed by atoms with Crippen molar-refractivity contribution in [3.8, 4) is 6.07 Å². The smallest absolute Gasteiger partial charge is 0.255 e. The van der Waals surface area contributed by atoms with Gasteiger partial charge in [-0.05, 0) is 68.0 Å². The van der Waals surface area contributed by atoms with Gasteiger partial charge in [0.25, 0.3) is 5.91 Å². The number of hydrogen-bond donors (Lipinski definition) is 1. The zero-order valence-corrected chi connectivity index (χ0v) is 21.1. The van der Waals surface area contributed by atoms with E-state index < -0.39 is 11.7 Å². The van der Waals surface area contributed by atoms with E-state index >= 15 is 0 Å². The highest BCUT2D eigenvalue weighted by Gasteiger charge is 2.28. The summed E-state index contributed by atoms with van der Waals surface area (Å²) >= 11 is 0. The summed E-state index contributed by atoms with van der Waals surface area (Å²) in [5, 5.41) is 11.9. The molecule has 0 bridgehead atoms. The zero-order chi connectivity index (χ0) is 26.2. The third kappa shape index (κ3) is 6.69. The Morgan fingerprint density at radius 3 is 2.44 bits per heavy atom. The highest BCUT2D eigenvalue weighted by Crippen LogP contribution is 2.30. The molecular formula is C28H33FN4O3. The standard InChI is InChI=1S/C28H33FN4O3/c1-19-23(14-20-8-11-33(12-9-20)28(36)21-6-4-5-7-21)15-24(29)17-26(19)31-27(35)22(10-13-34)16-25(18-30)32(2)3/h10,13-17,21H,4-9,11-12H2,1-3H3,(H,31,35)/b22-10+,25-16-. The van der Waals surface area contributed by atoms with Crippen LogP contribution in [0.3, 0.4) is 0 Å². The van der Waals surface area contributed by atoms with E-state index in [1.165, 1.54) is 23.1 Å². The molecule has 1 aromatic carbocycles. The first-order valence-electron chi connectivity index (χ1n) is 12.3. The second-order valence-electron chi connectivity index (χ2n) is 9.52. The van der Waals surface area contributed by atoms with Gasteiger partial charge >= 0.3 is 0 Å². The summed E-state index contributed by atoms with van der Waals surface area (Å²) in [5.41, 5.74) is 2.93. The van der Waals surface area contributed by atoms with Crippen molar-refractivity contribution in [1.82, 2.24) is 9.80 Å². The monoisotopic (exact) mass is 492 g/mol. The Balaban J connectivity index is 1.76. The predicted octanol–water partition coefficient (Wildman–Crippen LogP) is 4.36. The first-order chi connectivity index (χ1) is 17.2. The molecule has 1 N–H and O–H groups in total. The van der Waals surface area contributed by atoms with Gasteiger partial charge in [0.15, 0.2) is 0 Å². The van der Waals surface area contributed by atoms with Gasteiger partial charge in [-0.25, -0.2) is 4.39 Å². The number of allylic oxidation sites excluding steroid dienone is 2. The molecular weight excluding hydrogens is 459 g/mol. The SMILES string of the molecule is Cc1c(C=C2CCN(C(=O)C3CCCC3)CC2)cc(F)cc1NC(=O)C(/C=C(/C#N)N(C)C)=C/C=O. The lowest BCUT2D eigenvalue weighted by atomic mass is 9.96. The molecule has 8 heteroatoms. The fourth-order valence-corrected chi connectivity index (χ4v) is 4.66. The van der Waals surface area contributed by atoms with Gasteiger partial charge < -0.3 is 15.1 Å². The van der Waals surface area contributed by atoms with E-state index in [1.807, 2.05) is 17.0 Å². The van der Waals surface area contributed by atoms with Crippen LogP contribution in [0, 0.1) is 30.0 Å². The van der Waals surface area contributed by atoms with Gasteiger partial charge in [-0.15, -0.1) is 0 Å². The highest BCUT2D eigenvalue weighted by atomic mass is 19.1. The first kappa shape index (κ1) is 26.9. The molecule has 0 atom stereocenters. The van der Waals surface area contributed by atoms with Crippen molar-refractivity contribution in [1.29, 1.82) is 5.26 Å². The number of rotatable bonds is 7. The van der Waals surface area contributed by atoms with E-state index in [1.54, 1.807) is 21.0 Å². The minimum Gasteiger partial charge on any atom is -0.369 e. The molecule has 1 aliphatic carbocycles. The first-order valence-corrected chi connectivity index (χ1v) is 12.3. The molecule has 3 rings (SSSR count). The summed E-state index contributed by atoms with van der Waals surface area (Å²) in [7, 11) is 3.30. The molecule has 2 aliphatic rings. The van der Waals surface area contributed by atoms with Crippen LogP contribution in [-0.2, 0) is 14.4 Å². The van der Waals surface area contributed by atoms with Crippen molar-refractivity contribution in [3.63, 3.8) is 0 Å². The third-order valence-electron chi connectivity index (χ3n) is 6.84. The Morgan fingerprint density at radius 1 is 1.19 bits per heavy atom. The van der Waals surface area contributed by atoms with Gasteiger partial charge in [0.05, 0.1) is 0 Å². The molecule has 1 saturated carbocycles. The Hall–Kier alpha value is -3.73. The van der Waals surface area contributed by atoms with Crippen molar-refractivity contribution in [2.45, 2.75) is 45.4 Å². The normalized spacial score (nSPS) is 17.0. The van der Waals surface area contributed by atoms with Crippen molar-refractivity contribution in [2.24, 2.45) is 5.92 Å². The summed E-state index contributed by atoms with van der Waals surface area (Å²) in [6, 6.07) is 4.63. The van der Waals surface area contributed by atoms with E-state index in [9.17, 15) is 24.0 Å². The predicted molar refractivity (Wildman–Crippen MR) is 137 cm³/mol. The minimum atomic E-state index is -0.622. The van der Waals surface area contributed by atoms with Crippen LogP contribution in [0.25, 0.3) is 6.08 Å². The van der Waals surface area contributed by atoms with Gasteiger partial charge in [-0.1, -0.05) is 24.5 Å². The maximum Gasteiger partial charge on any atom is 0.255 e. The number of carbonyl (C=O) groups excluding carboxylic acids is 3. The van der Waals surface area contributed by atoms with Crippen molar-refractivity contribution in [3.05, 3.63) is 58.1 Å². The number of anilines is 1. The van der Waals surface area contributed by atoms with E-state index in [0.29, 0.717) is 30.5 Å². The van der Waals surface area contributed by atoms with Gasteiger partial charge in [-0.3, -0.25) is 14.4 Å². The summed E-state index contributed by atoms with van der Waals surface area (Å²) in [5.74, 6) is -0.690. The molecule has 36 heavy (non-hydrogen) atoms. The number of amides is 2. The fourth-order valence-electron chi connectivity index (χ4n) is 4.66. The van der Waals surface area contributed by atoms with Crippen molar-refractivity contribution in [2.75, 3.05) is 32.5 Å². The second-order valence-corrected chi connectivity index (χ2v) is 9.52. The lowest BCUT2D eigenvalue weighted by Gasteiger charge is -2.30. The van der Waals surface area contributed by atoms with Crippen molar-refractivity contribution >= 4 is 29.9 Å². The molecule has 1 heterocycles. The molecule has 2 fully saturated rings. The van der Waals surface area contributed by atoms with Crippen LogP contribution >= 0.6 is 0 Å². The van der Waals surface area contributed by atoms with Gasteiger partial charge in [0.1, 0.15) is 23.9 Å². The van der Waals surface area contributed by atoms with Crippen LogP contribution < -0.4 is 5.32 Å². The highest BCUT2D eigenvalue weighted by molar-refractivity contribution is 6.08. The molecule has 0 aromatic heterocycles. The van der Waals surface area contributed by atoms with E-state index in [-0.39, 0.29) is 28.8 Å². The Bertz CT molecular complexity index is 1140. The molecule has 1 aliphatic heterocycles. The third-order valence-corrected chi connectivity index (χ3v) is 6.84. The lowest BCUT2D eigenvalue weighted by Crippen LogP contribution is -2.39. The summed E-state index contributed by atoms with van der Waals surface area (Å²) in [6.45, 7) is 3.12. The maximum absolute atomic E-state index is 14.5. The molecule has 0 spiro atoms. The average molecular weight is 493 g/mol. The Kier molecular flexibility index (Phi) is 9.18. The lowest BCUT2D eigenvalue weighted by molar-refractivity contribution is -0.135. The van der Waals surface area contributed by atoms with Crippen LogP contribution in [0.1, 0.15) is 49.7 Å². The Labute approximate surface area is 211 Å². The Morgan fingerprint density at radius 2 is 1.86 bits per heavy atom. The summed E-state index contributed by atoms with van der Waals surface area (Å²) in [6.07, 6.45) is 10.5. The fraction of sp³-hybridized carbons (Fsp3) is 0.429. The van der Waals surface area contributed by atoms with E-state index in [2.05, 4.69) is 5.32 Å². The van der Waals surface area contributed by atoms with Crippen LogP contribution in [-0.4, -0.2) is 55.1 Å². The quantitative estimate of drug-likeness (QED) is 0.264. The number of aldehydes is 1. The van der Waals surface area contributed by atoms with E-state index in [0.717, 1.165) is 50.2 Å². The molecule has 1 saturated heterocycles. The van der Waals surface area contributed by atoms with Gasteiger partial charge in [0.2, 0.25) is 5.91 Å². The van der Waals surface area contributed by atoms with Gasteiger partial charge in [0, 0.05) is 44.4 Å². The number of halogens is 1. The second kappa shape index (κ2) is 12.3. The summed E-state index contributed by atoms with van der Waals surface area (Å²) < 4.78 is 14.5. The van der Waals surface area contributed by atoms with Crippen LogP contribution in [0.15, 0.2) is 41.1 Å². The van der Waals surface area contributed by atoms with E-state index in [4.69, 9.17) is 0 Å². The van der Waals surface area contributed by atoms with Gasteiger partial charge in [-0.2, -0.15) is 5.26 Å². The largest absolute Gasteiger partial charge is 0.369 e. The topological polar surface area (TPSA) is 93.5 Å². The average Bonchev–Trinajstić information content (AvgIpc) is 3.39. The molecule has 0 unspecified atom stereocenters. The number of carbonyl (C=O) groups is 3. The molecule has 1 aromatic rings. The molecule has 190 valence electrons. The summed E-state index contributed by atoms with van der Waals surface area (Å²) in [4.78, 5) is 40.1. The van der Waals surface area contributed by atoms with Crippen LogP contribution in [0.5, 0.6) is 0 Å². The molecule has 2 amide bonds. The van der Waals surface area contributed by atoms with Crippen LogP contribution in [0.2, 0.25) is 0 Å². The number of likely N-dealkylation sites (tertiary alicyclic amines) is 1. The number of benzene rings is 1. The van der Waals surface area contributed by atoms with Crippen LogP contribution in [0.4, 0.5) is 10.1 Å². The number of nitriles is 1. The zero-order valence-electron chi connectivity index (χ0n) is 21.1. The number of nitrogens with zero attached hydrogens (tertiary/aromatic N) is 3. The number of hydrogen-bond acceptors (Lipinski definition) is 5. The molecule has 0 radical (unpaired) electrons. The number of piperidine rings is 1. The number of nitrogens with one attached hydrogen (secondary N) is 1. The maximum atomic E-state index is 14.5. The molecule has 7 nitrogen and oxygen atoms in total.